The van der Waals surface area contributed by atoms with Crippen LogP contribution in [0.3, 0.4) is 0 Å². The fourth-order valence-electron chi connectivity index (χ4n) is 2.27. The zero-order valence-electron chi connectivity index (χ0n) is 12.1. The molecule has 0 fully saturated rings. The molecule has 0 aliphatic rings. The van der Waals surface area contributed by atoms with Gasteiger partial charge in [0.1, 0.15) is 11.4 Å². The Hall–Kier alpha value is -2.75. The molecule has 0 aliphatic heterocycles. The molecule has 1 aromatic heterocycles. The molecule has 3 aromatic rings. The van der Waals surface area contributed by atoms with Crippen molar-refractivity contribution in [1.82, 2.24) is 9.78 Å². The molecular weight excluding hydrogens is 262 g/mol. The van der Waals surface area contributed by atoms with Crippen molar-refractivity contribution in [3.63, 3.8) is 0 Å². The summed E-state index contributed by atoms with van der Waals surface area (Å²) in [6.07, 6.45) is 1.83. The second-order valence-corrected chi connectivity index (χ2v) is 4.95. The predicted molar refractivity (Wildman–Crippen MR) is 84.7 cm³/mol. The van der Waals surface area contributed by atoms with Gasteiger partial charge in [0.25, 0.3) is 0 Å². The molecule has 0 bridgehead atoms. The van der Waals surface area contributed by atoms with Gasteiger partial charge >= 0.3 is 0 Å². The number of anilines is 1. The lowest BCUT2D eigenvalue weighted by Gasteiger charge is -2.03. The van der Waals surface area contributed by atoms with Gasteiger partial charge in [0.05, 0.1) is 24.7 Å². The van der Waals surface area contributed by atoms with E-state index in [0.717, 1.165) is 22.7 Å². The number of aryl methyl sites for hydroxylation is 1. The zero-order valence-corrected chi connectivity index (χ0v) is 12.1. The Bertz CT molecular complexity index is 760. The third-order valence-corrected chi connectivity index (χ3v) is 3.37. The smallest absolute Gasteiger partial charge is 0.119 e. The van der Waals surface area contributed by atoms with Crippen LogP contribution in [-0.4, -0.2) is 16.9 Å². The van der Waals surface area contributed by atoms with Gasteiger partial charge in [-0.3, -0.25) is 0 Å². The minimum atomic E-state index is 0.663. The summed E-state index contributed by atoms with van der Waals surface area (Å²) in [6, 6.07) is 15.9. The van der Waals surface area contributed by atoms with E-state index < -0.39 is 0 Å². The molecule has 0 aliphatic carbocycles. The molecule has 4 nitrogen and oxygen atoms in total. The number of nitrogens with zero attached hydrogens (tertiary/aromatic N) is 2. The van der Waals surface area contributed by atoms with E-state index in [0.29, 0.717) is 5.69 Å². The van der Waals surface area contributed by atoms with Gasteiger partial charge in [0, 0.05) is 5.56 Å². The van der Waals surface area contributed by atoms with Crippen LogP contribution in [-0.2, 0) is 0 Å². The van der Waals surface area contributed by atoms with Crippen molar-refractivity contribution in [3.8, 4) is 22.7 Å². The average Bonchev–Trinajstić information content (AvgIpc) is 2.89. The maximum Gasteiger partial charge on any atom is 0.119 e. The normalized spacial score (nSPS) is 10.6. The van der Waals surface area contributed by atoms with E-state index >= 15 is 0 Å². The van der Waals surface area contributed by atoms with Gasteiger partial charge in [-0.1, -0.05) is 23.8 Å². The summed E-state index contributed by atoms with van der Waals surface area (Å²) in [5, 5.41) is 4.60. The first-order valence-electron chi connectivity index (χ1n) is 6.74. The first-order chi connectivity index (χ1) is 10.2. The summed E-state index contributed by atoms with van der Waals surface area (Å²) in [7, 11) is 1.65. The number of ether oxygens (including phenoxy) is 1. The van der Waals surface area contributed by atoms with Crippen molar-refractivity contribution < 1.29 is 4.74 Å². The van der Waals surface area contributed by atoms with Gasteiger partial charge in [-0.05, 0) is 37.3 Å². The van der Waals surface area contributed by atoms with E-state index in [4.69, 9.17) is 10.5 Å². The Morgan fingerprint density at radius 3 is 2.52 bits per heavy atom. The molecule has 106 valence electrons. The molecular formula is C17H17N3O. The lowest BCUT2D eigenvalue weighted by Crippen LogP contribution is -1.95. The fraction of sp³-hybridized carbons (Fsp3) is 0.118. The highest BCUT2D eigenvalue weighted by atomic mass is 16.5. The molecule has 0 saturated heterocycles. The number of nitrogens with two attached hydrogens (primary N) is 1. The van der Waals surface area contributed by atoms with Crippen LogP contribution in [0.25, 0.3) is 16.9 Å². The second kappa shape index (κ2) is 5.32. The van der Waals surface area contributed by atoms with E-state index in [9.17, 15) is 0 Å². The quantitative estimate of drug-likeness (QED) is 0.799. The maximum atomic E-state index is 6.11. The van der Waals surface area contributed by atoms with Crippen molar-refractivity contribution >= 4 is 5.69 Å². The van der Waals surface area contributed by atoms with Crippen molar-refractivity contribution in [2.75, 3.05) is 12.8 Å². The molecule has 0 amide bonds. The van der Waals surface area contributed by atoms with Crippen LogP contribution in [0.4, 0.5) is 5.69 Å². The second-order valence-electron chi connectivity index (χ2n) is 4.95. The largest absolute Gasteiger partial charge is 0.497 e. The lowest BCUT2D eigenvalue weighted by atomic mass is 10.1. The molecule has 0 radical (unpaired) electrons. The standard InChI is InChI=1S/C17H17N3O/c1-12-4-3-5-13(10-12)17-16(18)11-20(19-17)14-6-8-15(21-2)9-7-14/h3-11H,18H2,1-2H3. The van der Waals surface area contributed by atoms with E-state index in [1.807, 2.05) is 42.6 Å². The van der Waals surface area contributed by atoms with Crippen LogP contribution >= 0.6 is 0 Å². The van der Waals surface area contributed by atoms with Crippen LogP contribution in [0.2, 0.25) is 0 Å². The molecule has 0 saturated carbocycles. The third kappa shape index (κ3) is 2.60. The molecule has 0 atom stereocenters. The number of nitrogen functional groups attached to an aromatic ring is 1. The van der Waals surface area contributed by atoms with Crippen molar-refractivity contribution in [2.24, 2.45) is 0 Å². The summed E-state index contributed by atoms with van der Waals surface area (Å²) in [5.74, 6) is 0.817. The summed E-state index contributed by atoms with van der Waals surface area (Å²) in [5.41, 5.74) is 10.7. The van der Waals surface area contributed by atoms with Crippen molar-refractivity contribution in [3.05, 3.63) is 60.3 Å². The van der Waals surface area contributed by atoms with Crippen LogP contribution in [0.1, 0.15) is 5.56 Å². The monoisotopic (exact) mass is 279 g/mol. The minimum Gasteiger partial charge on any atom is -0.497 e. The Labute approximate surface area is 123 Å². The Morgan fingerprint density at radius 2 is 1.86 bits per heavy atom. The van der Waals surface area contributed by atoms with Gasteiger partial charge < -0.3 is 10.5 Å². The number of benzene rings is 2. The predicted octanol–water partition coefficient (Wildman–Crippen LogP) is 3.44. The molecule has 4 heteroatoms. The topological polar surface area (TPSA) is 53.1 Å². The number of methoxy groups -OCH3 is 1. The summed E-state index contributed by atoms with van der Waals surface area (Å²) < 4.78 is 6.95. The Kier molecular flexibility index (Phi) is 3.36. The highest BCUT2D eigenvalue weighted by Gasteiger charge is 2.09. The molecule has 3 rings (SSSR count). The number of rotatable bonds is 3. The Balaban J connectivity index is 2.00. The lowest BCUT2D eigenvalue weighted by molar-refractivity contribution is 0.414. The van der Waals surface area contributed by atoms with Crippen molar-refractivity contribution in [2.45, 2.75) is 6.92 Å². The van der Waals surface area contributed by atoms with Crippen LogP contribution < -0.4 is 10.5 Å². The molecule has 21 heavy (non-hydrogen) atoms. The van der Waals surface area contributed by atoms with E-state index in [1.54, 1.807) is 11.8 Å². The van der Waals surface area contributed by atoms with E-state index in [1.165, 1.54) is 5.56 Å². The highest BCUT2D eigenvalue weighted by Crippen LogP contribution is 2.26. The van der Waals surface area contributed by atoms with Crippen molar-refractivity contribution in [1.29, 1.82) is 0 Å². The fourth-order valence-corrected chi connectivity index (χ4v) is 2.27. The van der Waals surface area contributed by atoms with Gasteiger partial charge in [-0.2, -0.15) is 5.10 Å². The molecule has 2 aromatic carbocycles. The molecule has 0 unspecified atom stereocenters. The molecule has 1 heterocycles. The van der Waals surface area contributed by atoms with Crippen LogP contribution in [0.5, 0.6) is 5.75 Å². The number of hydrogen-bond donors (Lipinski definition) is 1. The van der Waals surface area contributed by atoms with E-state index in [2.05, 4.69) is 24.2 Å². The molecule has 2 N–H and O–H groups in total. The highest BCUT2D eigenvalue weighted by molar-refractivity contribution is 5.72. The van der Waals surface area contributed by atoms with Crippen LogP contribution in [0, 0.1) is 6.92 Å². The summed E-state index contributed by atoms with van der Waals surface area (Å²) in [4.78, 5) is 0. The first-order valence-corrected chi connectivity index (χ1v) is 6.74. The third-order valence-electron chi connectivity index (χ3n) is 3.37. The van der Waals surface area contributed by atoms with E-state index in [-0.39, 0.29) is 0 Å². The number of aromatic nitrogens is 2. The van der Waals surface area contributed by atoms with Gasteiger partial charge in [0.15, 0.2) is 0 Å². The average molecular weight is 279 g/mol. The van der Waals surface area contributed by atoms with Crippen LogP contribution in [0.15, 0.2) is 54.7 Å². The van der Waals surface area contributed by atoms with Gasteiger partial charge in [-0.15, -0.1) is 0 Å². The maximum absolute atomic E-state index is 6.11. The minimum absolute atomic E-state index is 0.663. The first kappa shape index (κ1) is 13.2. The zero-order chi connectivity index (χ0) is 14.8. The number of hydrogen-bond acceptors (Lipinski definition) is 3. The molecule has 0 spiro atoms. The summed E-state index contributed by atoms with van der Waals surface area (Å²) in [6.45, 7) is 2.06. The Morgan fingerprint density at radius 1 is 1.10 bits per heavy atom. The SMILES string of the molecule is COc1ccc(-n2cc(N)c(-c3cccc(C)c3)n2)cc1. The van der Waals surface area contributed by atoms with Gasteiger partial charge in [0.2, 0.25) is 0 Å². The summed E-state index contributed by atoms with van der Waals surface area (Å²) >= 11 is 0. The van der Waals surface area contributed by atoms with Gasteiger partial charge in [-0.25, -0.2) is 4.68 Å².